The van der Waals surface area contributed by atoms with Crippen molar-refractivity contribution >= 4 is 5.78 Å². The minimum Gasteiger partial charge on any atom is -0.508 e. The van der Waals surface area contributed by atoms with Gasteiger partial charge in [0.1, 0.15) is 22.9 Å². The van der Waals surface area contributed by atoms with Gasteiger partial charge in [0.2, 0.25) is 0 Å². The van der Waals surface area contributed by atoms with Gasteiger partial charge in [-0.3, -0.25) is 4.79 Å². The molecule has 0 bridgehead atoms. The van der Waals surface area contributed by atoms with Crippen molar-refractivity contribution in [3.8, 4) is 11.5 Å². The number of carbonyl (C=O) groups excluding carboxylic acids is 1. The predicted octanol–water partition coefficient (Wildman–Crippen LogP) is 5.23. The lowest BCUT2D eigenvalue weighted by molar-refractivity contribution is -0.124. The second-order valence-corrected chi connectivity index (χ2v) is 10.1. The monoisotopic (exact) mass is 388 g/mol. The molecule has 0 spiro atoms. The SMILES string of the molecule is CC(O)CCCCC(C)(C)c1cc(O)c2c(c1)OC(C)(C)[C@@H]1CCC(=O)C[C@@H]21. The van der Waals surface area contributed by atoms with Gasteiger partial charge in [-0.05, 0) is 63.1 Å². The van der Waals surface area contributed by atoms with E-state index < -0.39 is 0 Å². The van der Waals surface area contributed by atoms with Crippen LogP contribution in [0.2, 0.25) is 0 Å². The molecule has 2 aliphatic rings. The summed E-state index contributed by atoms with van der Waals surface area (Å²) in [6, 6.07) is 3.96. The maximum Gasteiger partial charge on any atom is 0.133 e. The molecule has 1 aromatic carbocycles. The van der Waals surface area contributed by atoms with Crippen molar-refractivity contribution in [1.29, 1.82) is 0 Å². The second kappa shape index (κ2) is 7.70. The Morgan fingerprint density at radius 3 is 2.68 bits per heavy atom. The summed E-state index contributed by atoms with van der Waals surface area (Å²) in [5.74, 6) is 1.59. The van der Waals surface area contributed by atoms with Crippen LogP contribution in [-0.4, -0.2) is 27.7 Å². The molecule has 1 saturated carbocycles. The zero-order chi connectivity index (χ0) is 20.7. The highest BCUT2D eigenvalue weighted by Gasteiger charge is 2.47. The molecule has 0 radical (unpaired) electrons. The molecule has 156 valence electrons. The number of carbonyl (C=O) groups is 1. The average molecular weight is 389 g/mol. The summed E-state index contributed by atoms with van der Waals surface area (Å²) >= 11 is 0. The fraction of sp³-hybridized carbons (Fsp3) is 0.708. The van der Waals surface area contributed by atoms with Crippen LogP contribution in [0.5, 0.6) is 11.5 Å². The van der Waals surface area contributed by atoms with Crippen molar-refractivity contribution in [2.24, 2.45) is 5.92 Å². The molecular formula is C24H36O4. The summed E-state index contributed by atoms with van der Waals surface area (Å²) in [4.78, 5) is 12.1. The number of aliphatic hydroxyl groups excluding tert-OH is 1. The Morgan fingerprint density at radius 1 is 1.29 bits per heavy atom. The Kier molecular flexibility index (Phi) is 5.82. The number of benzene rings is 1. The fourth-order valence-electron chi connectivity index (χ4n) is 5.11. The molecule has 0 aromatic heterocycles. The minimum atomic E-state index is -0.342. The topological polar surface area (TPSA) is 66.8 Å². The first kappa shape index (κ1) is 21.2. The first-order valence-corrected chi connectivity index (χ1v) is 10.8. The number of aliphatic hydroxyl groups is 1. The average Bonchev–Trinajstić information content (AvgIpc) is 2.57. The molecule has 1 aliphatic carbocycles. The summed E-state index contributed by atoms with van der Waals surface area (Å²) < 4.78 is 6.39. The van der Waals surface area contributed by atoms with E-state index in [0.717, 1.165) is 49.0 Å². The molecule has 3 rings (SSSR count). The normalized spacial score (nSPS) is 24.9. The van der Waals surface area contributed by atoms with Crippen LogP contribution in [-0.2, 0) is 10.2 Å². The third-order valence-corrected chi connectivity index (χ3v) is 6.88. The minimum absolute atomic E-state index is 0.0446. The van der Waals surface area contributed by atoms with E-state index in [1.54, 1.807) is 0 Å². The highest BCUT2D eigenvalue weighted by Crippen LogP contribution is 2.54. The number of aromatic hydroxyl groups is 1. The Labute approximate surface area is 169 Å². The predicted molar refractivity (Wildman–Crippen MR) is 111 cm³/mol. The summed E-state index contributed by atoms with van der Waals surface area (Å²) in [6.45, 7) is 10.4. The lowest BCUT2D eigenvalue weighted by Gasteiger charge is -2.47. The van der Waals surface area contributed by atoms with Gasteiger partial charge in [-0.25, -0.2) is 0 Å². The maximum atomic E-state index is 12.1. The number of phenols is 1. The first-order chi connectivity index (χ1) is 13.0. The summed E-state index contributed by atoms with van der Waals surface area (Å²) in [7, 11) is 0. The van der Waals surface area contributed by atoms with E-state index in [2.05, 4.69) is 33.8 Å². The number of unbranched alkanes of at least 4 members (excludes halogenated alkanes) is 1. The van der Waals surface area contributed by atoms with E-state index in [4.69, 9.17) is 4.74 Å². The Bertz CT molecular complexity index is 732. The molecule has 3 atom stereocenters. The fourth-order valence-corrected chi connectivity index (χ4v) is 5.11. The van der Waals surface area contributed by atoms with Gasteiger partial charge in [0.05, 0.1) is 6.10 Å². The second-order valence-electron chi connectivity index (χ2n) is 10.1. The van der Waals surface area contributed by atoms with Gasteiger partial charge in [0.15, 0.2) is 0 Å². The van der Waals surface area contributed by atoms with Crippen LogP contribution >= 0.6 is 0 Å². The van der Waals surface area contributed by atoms with Gasteiger partial charge in [-0.2, -0.15) is 0 Å². The standard InChI is InChI=1S/C24H36O4/c1-15(25)8-6-7-11-23(2,3)16-12-20(27)22-18-14-17(26)9-10-19(18)24(4,5)28-21(22)13-16/h12-13,15,18-19,25,27H,6-11,14H2,1-5H3/t15?,18-,19-/m1/s1. The van der Waals surface area contributed by atoms with Gasteiger partial charge >= 0.3 is 0 Å². The van der Waals surface area contributed by atoms with Gasteiger partial charge < -0.3 is 14.9 Å². The van der Waals surface area contributed by atoms with E-state index in [1.165, 1.54) is 0 Å². The molecule has 0 amide bonds. The van der Waals surface area contributed by atoms with E-state index in [0.29, 0.717) is 12.8 Å². The van der Waals surface area contributed by atoms with Crippen molar-refractivity contribution in [3.05, 3.63) is 23.3 Å². The van der Waals surface area contributed by atoms with Crippen LogP contribution in [0.1, 0.15) is 96.6 Å². The third kappa shape index (κ3) is 4.22. The summed E-state index contributed by atoms with van der Waals surface area (Å²) in [5, 5.41) is 20.4. The van der Waals surface area contributed by atoms with E-state index >= 15 is 0 Å². The number of ether oxygens (including phenoxy) is 1. The van der Waals surface area contributed by atoms with E-state index in [1.807, 2.05) is 13.0 Å². The zero-order valence-corrected chi connectivity index (χ0v) is 18.0. The number of hydrogen-bond acceptors (Lipinski definition) is 4. The highest BCUT2D eigenvalue weighted by molar-refractivity contribution is 5.81. The maximum absolute atomic E-state index is 12.1. The largest absolute Gasteiger partial charge is 0.508 e. The molecule has 2 N–H and O–H groups in total. The van der Waals surface area contributed by atoms with Crippen molar-refractivity contribution in [3.63, 3.8) is 0 Å². The van der Waals surface area contributed by atoms with Crippen LogP contribution in [0.25, 0.3) is 0 Å². The highest BCUT2D eigenvalue weighted by atomic mass is 16.5. The smallest absolute Gasteiger partial charge is 0.133 e. The first-order valence-electron chi connectivity index (χ1n) is 10.8. The molecule has 4 heteroatoms. The van der Waals surface area contributed by atoms with Gasteiger partial charge in [-0.1, -0.05) is 26.7 Å². The number of rotatable bonds is 6. The Hall–Kier alpha value is -1.55. The van der Waals surface area contributed by atoms with Crippen LogP contribution in [0.3, 0.4) is 0 Å². The number of phenolic OH excluding ortho intramolecular Hbond substituents is 1. The summed E-state index contributed by atoms with van der Waals surface area (Å²) in [6.07, 6.45) is 5.51. The van der Waals surface area contributed by atoms with Crippen molar-refractivity contribution in [1.82, 2.24) is 0 Å². The van der Waals surface area contributed by atoms with Crippen molar-refractivity contribution in [2.75, 3.05) is 0 Å². The van der Waals surface area contributed by atoms with Gasteiger partial charge in [-0.15, -0.1) is 0 Å². The van der Waals surface area contributed by atoms with Crippen LogP contribution < -0.4 is 4.74 Å². The summed E-state index contributed by atoms with van der Waals surface area (Å²) in [5.41, 5.74) is 1.45. The molecule has 1 unspecified atom stereocenters. The molecule has 1 fully saturated rings. The number of Topliss-reactive ketones (excluding diaryl/α,β-unsaturated/α-hetero) is 1. The molecule has 1 aromatic rings. The van der Waals surface area contributed by atoms with Gasteiger partial charge in [0, 0.05) is 30.2 Å². The Balaban J connectivity index is 1.88. The molecule has 0 saturated heterocycles. The van der Waals surface area contributed by atoms with E-state index in [-0.39, 0.29) is 40.5 Å². The molecule has 28 heavy (non-hydrogen) atoms. The lowest BCUT2D eigenvalue weighted by Crippen LogP contribution is -2.47. The zero-order valence-electron chi connectivity index (χ0n) is 18.0. The molecule has 1 heterocycles. The van der Waals surface area contributed by atoms with Crippen LogP contribution in [0, 0.1) is 5.92 Å². The number of ketones is 1. The number of fused-ring (bicyclic) bond motifs is 3. The van der Waals surface area contributed by atoms with Crippen LogP contribution in [0.15, 0.2) is 12.1 Å². The molecular weight excluding hydrogens is 352 g/mol. The lowest BCUT2D eigenvalue weighted by atomic mass is 9.66. The molecule has 1 aliphatic heterocycles. The third-order valence-electron chi connectivity index (χ3n) is 6.88. The number of hydrogen-bond donors (Lipinski definition) is 2. The van der Waals surface area contributed by atoms with Crippen molar-refractivity contribution in [2.45, 2.75) is 103 Å². The quantitative estimate of drug-likeness (QED) is 0.655. The van der Waals surface area contributed by atoms with Crippen LogP contribution in [0.4, 0.5) is 0 Å². The van der Waals surface area contributed by atoms with Gasteiger partial charge in [0.25, 0.3) is 0 Å². The van der Waals surface area contributed by atoms with Crippen molar-refractivity contribution < 1.29 is 19.7 Å². The molecule has 4 nitrogen and oxygen atoms in total. The Morgan fingerprint density at radius 2 is 2.00 bits per heavy atom. The van der Waals surface area contributed by atoms with E-state index in [9.17, 15) is 15.0 Å².